The lowest BCUT2D eigenvalue weighted by atomic mass is 10.1. The van der Waals surface area contributed by atoms with Crippen molar-refractivity contribution in [3.63, 3.8) is 0 Å². The van der Waals surface area contributed by atoms with E-state index < -0.39 is 11.5 Å². The summed E-state index contributed by atoms with van der Waals surface area (Å²) < 4.78 is 32.0. The van der Waals surface area contributed by atoms with Crippen LogP contribution in [-0.2, 0) is 5.54 Å². The van der Waals surface area contributed by atoms with Gasteiger partial charge < -0.3 is 10.1 Å². The number of halogens is 2. The number of hydrogen-bond acceptors (Lipinski definition) is 4. The first-order chi connectivity index (χ1) is 15.0. The highest BCUT2D eigenvalue weighted by atomic mass is 19.1. The molecule has 0 saturated heterocycles. The second-order valence-electron chi connectivity index (χ2n) is 7.48. The van der Waals surface area contributed by atoms with E-state index in [0.717, 1.165) is 23.9 Å². The molecule has 0 bridgehead atoms. The largest absolute Gasteiger partial charge is 0.455 e. The van der Waals surface area contributed by atoms with Crippen LogP contribution in [0.1, 0.15) is 28.9 Å². The summed E-state index contributed by atoms with van der Waals surface area (Å²) in [7, 11) is 0. The highest BCUT2D eigenvalue weighted by Crippen LogP contribution is 2.45. The van der Waals surface area contributed by atoms with Crippen LogP contribution in [0.4, 0.5) is 8.78 Å². The molecule has 0 radical (unpaired) electrons. The number of rotatable bonds is 5. The highest BCUT2D eigenvalue weighted by molar-refractivity contribution is 5.95. The van der Waals surface area contributed by atoms with Gasteiger partial charge in [-0.05, 0) is 73.5 Å². The zero-order valence-corrected chi connectivity index (χ0v) is 16.3. The predicted molar refractivity (Wildman–Crippen MR) is 111 cm³/mol. The minimum Gasteiger partial charge on any atom is -0.455 e. The Hall–Kier alpha value is -3.87. The molecule has 1 amide bonds. The quantitative estimate of drug-likeness (QED) is 0.458. The summed E-state index contributed by atoms with van der Waals surface area (Å²) in [4.78, 5) is 21.0. The Balaban J connectivity index is 1.41. The van der Waals surface area contributed by atoms with Crippen LogP contribution in [0, 0.1) is 11.8 Å². The van der Waals surface area contributed by atoms with Gasteiger partial charge in [0, 0.05) is 10.9 Å². The molecule has 0 aliphatic heterocycles. The summed E-state index contributed by atoms with van der Waals surface area (Å²) in [6.07, 6.45) is 2.87. The van der Waals surface area contributed by atoms with Crippen LogP contribution in [0.15, 0.2) is 72.9 Å². The molecular formula is C24H17F2N3O2. The molecule has 5 rings (SSSR count). The first-order valence-corrected chi connectivity index (χ1v) is 9.80. The topological polar surface area (TPSA) is 64.1 Å². The molecule has 5 nitrogen and oxygen atoms in total. The molecular weight excluding hydrogens is 400 g/mol. The third-order valence-corrected chi connectivity index (χ3v) is 5.32. The second-order valence-corrected chi connectivity index (χ2v) is 7.48. The number of amides is 1. The van der Waals surface area contributed by atoms with E-state index in [1.807, 2.05) is 24.3 Å². The molecule has 31 heavy (non-hydrogen) atoms. The highest BCUT2D eigenvalue weighted by Gasteiger charge is 2.47. The van der Waals surface area contributed by atoms with Crippen molar-refractivity contribution in [3.05, 3.63) is 95.9 Å². The summed E-state index contributed by atoms with van der Waals surface area (Å²) in [5.74, 6) is -0.231. The minimum absolute atomic E-state index is 0.264. The van der Waals surface area contributed by atoms with Crippen molar-refractivity contribution < 1.29 is 18.3 Å². The van der Waals surface area contributed by atoms with E-state index in [-0.39, 0.29) is 11.7 Å². The van der Waals surface area contributed by atoms with Crippen LogP contribution < -0.4 is 10.1 Å². The lowest BCUT2D eigenvalue weighted by molar-refractivity contribution is 0.0930. The summed E-state index contributed by atoms with van der Waals surface area (Å²) >= 11 is 0. The maximum atomic E-state index is 13.1. The van der Waals surface area contributed by atoms with Gasteiger partial charge in [0.1, 0.15) is 17.3 Å². The monoisotopic (exact) mass is 417 g/mol. The number of aromatic nitrogens is 2. The standard InChI is InChI=1S/C24H17F2N3O2/c25-16-6-4-15(5-7-16)23(30)29-24(12-13-24)21-10-9-18-19(28-21)2-1-3-20(18)31-17-8-11-22(26)27-14-17/h1-11,14H,12-13H2,(H,29,30). The molecule has 2 heterocycles. The number of nitrogens with one attached hydrogen (secondary N) is 1. The normalized spacial score (nSPS) is 14.3. The van der Waals surface area contributed by atoms with E-state index in [9.17, 15) is 13.6 Å². The van der Waals surface area contributed by atoms with Crippen LogP contribution in [0.2, 0.25) is 0 Å². The SMILES string of the molecule is O=C(NC1(c2ccc3c(Oc4ccc(F)nc4)cccc3n2)CC1)c1ccc(F)cc1. The minimum atomic E-state index is -0.575. The fourth-order valence-electron chi connectivity index (χ4n) is 3.49. The van der Waals surface area contributed by atoms with Crippen molar-refractivity contribution in [2.45, 2.75) is 18.4 Å². The number of nitrogens with zero attached hydrogens (tertiary/aromatic N) is 2. The molecule has 1 aliphatic rings. The Morgan fingerprint density at radius 2 is 1.77 bits per heavy atom. The van der Waals surface area contributed by atoms with Crippen molar-refractivity contribution >= 4 is 16.8 Å². The van der Waals surface area contributed by atoms with E-state index >= 15 is 0 Å². The van der Waals surface area contributed by atoms with Crippen LogP contribution in [0.5, 0.6) is 11.5 Å². The fraction of sp³-hybridized carbons (Fsp3) is 0.125. The van der Waals surface area contributed by atoms with Crippen LogP contribution in [0.25, 0.3) is 10.9 Å². The number of fused-ring (bicyclic) bond motifs is 1. The first kappa shape index (κ1) is 19.1. The van der Waals surface area contributed by atoms with Gasteiger partial charge in [-0.3, -0.25) is 9.78 Å². The zero-order valence-electron chi connectivity index (χ0n) is 16.3. The Morgan fingerprint density at radius 1 is 0.968 bits per heavy atom. The molecule has 1 saturated carbocycles. The molecule has 0 unspecified atom stereocenters. The van der Waals surface area contributed by atoms with Gasteiger partial charge in [-0.15, -0.1) is 0 Å². The lowest BCUT2D eigenvalue weighted by Gasteiger charge is -2.18. The summed E-state index contributed by atoms with van der Waals surface area (Å²) in [6, 6.07) is 17.5. The summed E-state index contributed by atoms with van der Waals surface area (Å²) in [5, 5.41) is 3.83. The van der Waals surface area contributed by atoms with Gasteiger partial charge >= 0.3 is 0 Å². The molecule has 1 N–H and O–H groups in total. The van der Waals surface area contributed by atoms with Gasteiger partial charge in [0.2, 0.25) is 5.95 Å². The molecule has 2 aromatic carbocycles. The predicted octanol–water partition coefficient (Wildman–Crippen LogP) is 5.12. The Kier molecular flexibility index (Phi) is 4.58. The second kappa shape index (κ2) is 7.43. The molecule has 7 heteroatoms. The van der Waals surface area contributed by atoms with Crippen LogP contribution in [-0.4, -0.2) is 15.9 Å². The molecule has 4 aromatic rings. The van der Waals surface area contributed by atoms with E-state index in [4.69, 9.17) is 9.72 Å². The molecule has 1 fully saturated rings. The fourth-order valence-corrected chi connectivity index (χ4v) is 3.49. The van der Waals surface area contributed by atoms with Crippen LogP contribution >= 0.6 is 0 Å². The number of ether oxygens (including phenoxy) is 1. The summed E-state index contributed by atoms with van der Waals surface area (Å²) in [5.41, 5.74) is 1.35. The third kappa shape index (κ3) is 3.82. The van der Waals surface area contributed by atoms with Crippen molar-refractivity contribution in [2.75, 3.05) is 0 Å². The van der Waals surface area contributed by atoms with E-state index in [1.54, 1.807) is 6.07 Å². The van der Waals surface area contributed by atoms with Crippen molar-refractivity contribution in [2.24, 2.45) is 0 Å². The van der Waals surface area contributed by atoms with E-state index in [2.05, 4.69) is 10.3 Å². The van der Waals surface area contributed by atoms with Gasteiger partial charge in [0.15, 0.2) is 0 Å². The van der Waals surface area contributed by atoms with E-state index in [0.29, 0.717) is 22.6 Å². The Morgan fingerprint density at radius 3 is 2.48 bits per heavy atom. The Bertz CT molecular complexity index is 1270. The number of pyridine rings is 2. The molecule has 154 valence electrons. The average molecular weight is 417 g/mol. The van der Waals surface area contributed by atoms with Gasteiger partial charge in [0.05, 0.1) is 22.9 Å². The number of hydrogen-bond donors (Lipinski definition) is 1. The number of benzene rings is 2. The molecule has 0 atom stereocenters. The maximum absolute atomic E-state index is 13.1. The van der Waals surface area contributed by atoms with Crippen molar-refractivity contribution in [1.82, 2.24) is 15.3 Å². The van der Waals surface area contributed by atoms with Gasteiger partial charge in [-0.25, -0.2) is 9.37 Å². The zero-order chi connectivity index (χ0) is 21.4. The van der Waals surface area contributed by atoms with Gasteiger partial charge in [-0.2, -0.15) is 4.39 Å². The summed E-state index contributed by atoms with van der Waals surface area (Å²) in [6.45, 7) is 0. The van der Waals surface area contributed by atoms with E-state index in [1.165, 1.54) is 42.6 Å². The van der Waals surface area contributed by atoms with Crippen molar-refractivity contribution in [1.29, 1.82) is 0 Å². The lowest BCUT2D eigenvalue weighted by Crippen LogP contribution is -2.35. The number of carbonyl (C=O) groups excluding carboxylic acids is 1. The average Bonchev–Trinajstić information content (AvgIpc) is 3.56. The van der Waals surface area contributed by atoms with Gasteiger partial charge in [-0.1, -0.05) is 6.07 Å². The third-order valence-electron chi connectivity index (χ3n) is 5.32. The van der Waals surface area contributed by atoms with Gasteiger partial charge in [0.25, 0.3) is 5.91 Å². The smallest absolute Gasteiger partial charge is 0.252 e. The molecule has 2 aromatic heterocycles. The van der Waals surface area contributed by atoms with Crippen molar-refractivity contribution in [3.8, 4) is 11.5 Å². The molecule has 1 aliphatic carbocycles. The first-order valence-electron chi connectivity index (χ1n) is 9.80. The van der Waals surface area contributed by atoms with Crippen LogP contribution in [0.3, 0.4) is 0 Å². The number of carbonyl (C=O) groups is 1. The molecule has 0 spiro atoms. The maximum Gasteiger partial charge on any atom is 0.252 e. The Labute approximate surface area is 176 Å².